The summed E-state index contributed by atoms with van der Waals surface area (Å²) in [5.74, 6) is -1.12. The van der Waals surface area contributed by atoms with Crippen LogP contribution < -0.4 is 10.5 Å². The number of carbonyl (C=O) groups is 2. The number of amides is 2. The predicted molar refractivity (Wildman–Crippen MR) is 113 cm³/mol. The Morgan fingerprint density at radius 1 is 1.09 bits per heavy atom. The van der Waals surface area contributed by atoms with Gasteiger partial charge in [-0.15, -0.1) is 0 Å². The van der Waals surface area contributed by atoms with Gasteiger partial charge in [-0.25, -0.2) is 0 Å². The van der Waals surface area contributed by atoms with Crippen LogP contribution in [0.15, 0.2) is 73.1 Å². The maximum Gasteiger partial charge on any atom is 0.387 e. The van der Waals surface area contributed by atoms with Gasteiger partial charge in [0.25, 0.3) is 5.91 Å². The van der Waals surface area contributed by atoms with Gasteiger partial charge < -0.3 is 15.4 Å². The number of aromatic nitrogens is 1. The summed E-state index contributed by atoms with van der Waals surface area (Å²) in [5, 5.41) is 0. The Balaban J connectivity index is 1.83. The molecule has 4 rings (SSSR count). The zero-order chi connectivity index (χ0) is 22.7. The van der Waals surface area contributed by atoms with Gasteiger partial charge in [-0.2, -0.15) is 8.78 Å². The fourth-order valence-corrected chi connectivity index (χ4v) is 4.20. The quantitative estimate of drug-likeness (QED) is 0.605. The van der Waals surface area contributed by atoms with Gasteiger partial charge in [0.2, 0.25) is 5.91 Å². The summed E-state index contributed by atoms with van der Waals surface area (Å²) < 4.78 is 30.1. The number of pyridine rings is 1. The Kier molecular flexibility index (Phi) is 6.11. The molecule has 2 atom stereocenters. The SMILES string of the molecule is NC(=O)[C@@H](c1ccccc1)N(C(=O)c1cccnc1)[C@@H]1CCc2ccc(OC(F)F)cc21. The van der Waals surface area contributed by atoms with Gasteiger partial charge in [0.15, 0.2) is 0 Å². The molecule has 1 aliphatic carbocycles. The van der Waals surface area contributed by atoms with E-state index in [1.165, 1.54) is 23.2 Å². The average molecular weight is 437 g/mol. The summed E-state index contributed by atoms with van der Waals surface area (Å²) in [5.41, 5.74) is 8.21. The Morgan fingerprint density at radius 2 is 1.88 bits per heavy atom. The molecule has 0 aliphatic heterocycles. The van der Waals surface area contributed by atoms with Crippen molar-refractivity contribution >= 4 is 11.8 Å². The van der Waals surface area contributed by atoms with Crippen LogP contribution in [0, 0.1) is 0 Å². The number of carbonyl (C=O) groups excluding carboxylic acids is 2. The van der Waals surface area contributed by atoms with E-state index in [-0.39, 0.29) is 5.75 Å². The summed E-state index contributed by atoms with van der Waals surface area (Å²) in [6.07, 6.45) is 4.09. The minimum Gasteiger partial charge on any atom is -0.435 e. The normalized spacial score (nSPS) is 15.8. The highest BCUT2D eigenvalue weighted by atomic mass is 19.3. The van der Waals surface area contributed by atoms with Crippen LogP contribution in [0.3, 0.4) is 0 Å². The number of nitrogens with two attached hydrogens (primary N) is 1. The van der Waals surface area contributed by atoms with E-state index in [9.17, 15) is 18.4 Å². The fourth-order valence-electron chi connectivity index (χ4n) is 4.20. The molecule has 0 bridgehead atoms. The minimum atomic E-state index is -2.97. The fraction of sp³-hybridized carbons (Fsp3) is 0.208. The number of ether oxygens (including phenoxy) is 1. The lowest BCUT2D eigenvalue weighted by atomic mass is 9.98. The second-order valence-corrected chi connectivity index (χ2v) is 7.46. The van der Waals surface area contributed by atoms with Gasteiger partial charge in [0.05, 0.1) is 11.6 Å². The highest BCUT2D eigenvalue weighted by Crippen LogP contribution is 2.42. The van der Waals surface area contributed by atoms with Crippen molar-refractivity contribution in [2.24, 2.45) is 5.73 Å². The molecule has 0 unspecified atom stereocenters. The second-order valence-electron chi connectivity index (χ2n) is 7.46. The van der Waals surface area contributed by atoms with E-state index < -0.39 is 30.5 Å². The molecule has 2 N–H and O–H groups in total. The molecule has 1 aromatic heterocycles. The smallest absolute Gasteiger partial charge is 0.387 e. The van der Waals surface area contributed by atoms with Gasteiger partial charge >= 0.3 is 6.61 Å². The maximum atomic E-state index is 13.7. The standard InChI is InChI=1S/C24H21F2N3O3/c25-24(26)32-18-10-8-15-9-11-20(19(15)13-18)29(23(31)17-7-4-12-28-14-17)21(22(27)30)16-5-2-1-3-6-16/h1-8,10,12-14,20-21,24H,9,11H2,(H2,27,30)/t20-,21-/m1/s1. The molecule has 32 heavy (non-hydrogen) atoms. The first-order chi connectivity index (χ1) is 15.5. The lowest BCUT2D eigenvalue weighted by Crippen LogP contribution is -2.43. The van der Waals surface area contributed by atoms with Crippen LogP contribution in [0.2, 0.25) is 0 Å². The van der Waals surface area contributed by atoms with Crippen molar-refractivity contribution in [3.8, 4) is 5.75 Å². The van der Waals surface area contributed by atoms with Crippen LogP contribution in [0.5, 0.6) is 5.75 Å². The minimum absolute atomic E-state index is 0.00485. The molecule has 1 aliphatic rings. The first-order valence-corrected chi connectivity index (χ1v) is 10.1. The van der Waals surface area contributed by atoms with E-state index in [1.54, 1.807) is 54.7 Å². The van der Waals surface area contributed by atoms with Crippen molar-refractivity contribution in [1.82, 2.24) is 9.88 Å². The third kappa shape index (κ3) is 4.30. The molecule has 0 saturated carbocycles. The van der Waals surface area contributed by atoms with Crippen LogP contribution in [0.1, 0.15) is 45.6 Å². The number of fused-ring (bicyclic) bond motifs is 1. The van der Waals surface area contributed by atoms with Crippen molar-refractivity contribution < 1.29 is 23.1 Å². The number of alkyl halides is 2. The molecule has 0 radical (unpaired) electrons. The van der Waals surface area contributed by atoms with Crippen molar-refractivity contribution in [1.29, 1.82) is 0 Å². The number of hydrogen-bond donors (Lipinski definition) is 1. The van der Waals surface area contributed by atoms with E-state index in [0.29, 0.717) is 29.5 Å². The molecular weight excluding hydrogens is 416 g/mol. The molecule has 0 spiro atoms. The van der Waals surface area contributed by atoms with Crippen LogP contribution in [0.4, 0.5) is 8.78 Å². The van der Waals surface area contributed by atoms with Gasteiger partial charge in [-0.3, -0.25) is 14.6 Å². The lowest BCUT2D eigenvalue weighted by molar-refractivity contribution is -0.123. The average Bonchev–Trinajstić information content (AvgIpc) is 3.20. The monoisotopic (exact) mass is 437 g/mol. The van der Waals surface area contributed by atoms with E-state index in [1.807, 2.05) is 0 Å². The van der Waals surface area contributed by atoms with Gasteiger partial charge in [-0.1, -0.05) is 36.4 Å². The summed E-state index contributed by atoms with van der Waals surface area (Å²) in [7, 11) is 0. The summed E-state index contributed by atoms with van der Waals surface area (Å²) in [4.78, 5) is 31.8. The number of halogens is 2. The van der Waals surface area contributed by atoms with Crippen LogP contribution in [0.25, 0.3) is 0 Å². The van der Waals surface area contributed by atoms with Gasteiger partial charge in [0.1, 0.15) is 11.8 Å². The number of rotatable bonds is 7. The summed E-state index contributed by atoms with van der Waals surface area (Å²) in [6, 6.07) is 15.1. The maximum absolute atomic E-state index is 13.7. The Morgan fingerprint density at radius 3 is 2.53 bits per heavy atom. The molecule has 2 aromatic carbocycles. The van der Waals surface area contributed by atoms with Crippen molar-refractivity contribution in [2.75, 3.05) is 0 Å². The number of hydrogen-bond acceptors (Lipinski definition) is 4. The molecule has 0 saturated heterocycles. The van der Waals surface area contributed by atoms with E-state index in [0.717, 1.165) is 5.56 Å². The Labute approximate surface area is 183 Å². The highest BCUT2D eigenvalue weighted by molar-refractivity contribution is 5.97. The predicted octanol–water partition coefficient (Wildman–Crippen LogP) is 4.04. The van der Waals surface area contributed by atoms with Crippen molar-refractivity contribution in [3.05, 3.63) is 95.3 Å². The first kappa shape index (κ1) is 21.4. The highest BCUT2D eigenvalue weighted by Gasteiger charge is 2.39. The third-order valence-electron chi connectivity index (χ3n) is 5.53. The van der Waals surface area contributed by atoms with Crippen LogP contribution in [-0.2, 0) is 11.2 Å². The molecular formula is C24H21F2N3O3. The Hall–Kier alpha value is -3.81. The summed E-state index contributed by atoms with van der Waals surface area (Å²) >= 11 is 0. The van der Waals surface area contributed by atoms with Gasteiger partial charge in [0, 0.05) is 12.4 Å². The van der Waals surface area contributed by atoms with Gasteiger partial charge in [-0.05, 0) is 53.8 Å². The zero-order valence-corrected chi connectivity index (χ0v) is 17.0. The third-order valence-corrected chi connectivity index (χ3v) is 5.53. The molecule has 164 valence electrons. The molecule has 3 aromatic rings. The lowest BCUT2D eigenvalue weighted by Gasteiger charge is -2.36. The second kappa shape index (κ2) is 9.13. The molecule has 8 heteroatoms. The van der Waals surface area contributed by atoms with Crippen molar-refractivity contribution in [3.63, 3.8) is 0 Å². The number of benzene rings is 2. The molecule has 1 heterocycles. The largest absolute Gasteiger partial charge is 0.435 e. The molecule has 6 nitrogen and oxygen atoms in total. The van der Waals surface area contributed by atoms with Crippen LogP contribution >= 0.6 is 0 Å². The Bertz CT molecular complexity index is 1110. The first-order valence-electron chi connectivity index (χ1n) is 10.1. The number of primary amides is 1. The topological polar surface area (TPSA) is 85.5 Å². The van der Waals surface area contributed by atoms with E-state index >= 15 is 0 Å². The zero-order valence-electron chi connectivity index (χ0n) is 17.0. The molecule has 2 amide bonds. The number of aryl methyl sites for hydroxylation is 1. The van der Waals surface area contributed by atoms with Crippen molar-refractivity contribution in [2.45, 2.75) is 31.5 Å². The van der Waals surface area contributed by atoms with E-state index in [4.69, 9.17) is 5.73 Å². The van der Waals surface area contributed by atoms with Crippen LogP contribution in [-0.4, -0.2) is 28.3 Å². The number of nitrogens with zero attached hydrogens (tertiary/aromatic N) is 2. The van der Waals surface area contributed by atoms with E-state index in [2.05, 4.69) is 9.72 Å². The summed E-state index contributed by atoms with van der Waals surface area (Å²) in [6.45, 7) is -2.97. The molecule has 0 fully saturated rings.